The number of carbonyl (C=O) groups excluding carboxylic acids is 3. The third kappa shape index (κ3) is 2.78. The van der Waals surface area contributed by atoms with Crippen LogP contribution in [0.2, 0.25) is 0 Å². The van der Waals surface area contributed by atoms with Crippen LogP contribution in [0.25, 0.3) is 11.8 Å². The van der Waals surface area contributed by atoms with Gasteiger partial charge in [0.1, 0.15) is 22.8 Å². The van der Waals surface area contributed by atoms with E-state index in [0.29, 0.717) is 5.56 Å². The molecule has 4 rings (SSSR count). The first kappa shape index (κ1) is 22.3. The van der Waals surface area contributed by atoms with Crippen LogP contribution in [-0.4, -0.2) is 54.7 Å². The van der Waals surface area contributed by atoms with E-state index in [0.717, 1.165) is 0 Å². The molecule has 9 nitrogen and oxygen atoms in total. The average molecular weight is 451 g/mol. The number of phenolic OH excluding ortho intramolecular Hbond substituents is 1. The van der Waals surface area contributed by atoms with Crippen molar-refractivity contribution in [3.05, 3.63) is 51.8 Å². The van der Waals surface area contributed by atoms with Crippen LogP contribution in [-0.2, 0) is 14.4 Å². The van der Waals surface area contributed by atoms with Crippen molar-refractivity contribution in [2.45, 2.75) is 31.0 Å². The Hall–Kier alpha value is -3.87. The molecule has 0 aliphatic heterocycles. The highest BCUT2D eigenvalue weighted by atomic mass is 16.4. The molecule has 0 bridgehead atoms. The van der Waals surface area contributed by atoms with E-state index in [1.165, 1.54) is 12.2 Å². The van der Waals surface area contributed by atoms with Gasteiger partial charge in [-0.15, -0.1) is 6.42 Å². The van der Waals surface area contributed by atoms with Gasteiger partial charge in [-0.05, 0) is 23.6 Å². The average Bonchev–Trinajstić information content (AvgIpc) is 2.75. The number of hydrogen-bond acceptors (Lipinski definition) is 8. The van der Waals surface area contributed by atoms with Gasteiger partial charge < -0.3 is 31.3 Å². The number of terminal acetylenes is 1. The Labute approximate surface area is 188 Å². The van der Waals surface area contributed by atoms with Gasteiger partial charge in [0.15, 0.2) is 11.4 Å². The van der Waals surface area contributed by atoms with E-state index in [4.69, 9.17) is 12.2 Å². The number of nitrogens with two attached hydrogens (primary N) is 1. The number of aliphatic hydroxyl groups is 4. The quantitative estimate of drug-likeness (QED) is 0.279. The molecule has 0 aromatic heterocycles. The van der Waals surface area contributed by atoms with Crippen LogP contribution in [0.1, 0.15) is 36.0 Å². The van der Waals surface area contributed by atoms with E-state index in [1.54, 1.807) is 19.1 Å². The first-order chi connectivity index (χ1) is 15.5. The van der Waals surface area contributed by atoms with Crippen molar-refractivity contribution in [3.8, 4) is 18.1 Å². The van der Waals surface area contributed by atoms with E-state index in [9.17, 15) is 39.9 Å². The predicted octanol–water partition coefficient (Wildman–Crippen LogP) is 0.602. The molecule has 5 unspecified atom stereocenters. The molecule has 0 radical (unpaired) electrons. The number of aliphatic hydroxyl groups excluding tert-OH is 3. The number of ketones is 2. The Morgan fingerprint density at radius 3 is 2.55 bits per heavy atom. The largest absolute Gasteiger partial charge is 0.508 e. The summed E-state index contributed by atoms with van der Waals surface area (Å²) in [5.41, 5.74) is 1.53. The first-order valence-corrected chi connectivity index (χ1v) is 10.1. The van der Waals surface area contributed by atoms with E-state index in [1.807, 2.05) is 0 Å². The normalized spacial score (nSPS) is 31.2. The molecule has 7 N–H and O–H groups in total. The molecule has 0 spiro atoms. The zero-order valence-corrected chi connectivity index (χ0v) is 17.4. The molecule has 5 atom stereocenters. The number of Topliss-reactive ketones (excluding diaryl/α,β-unsaturated/α-hetero) is 2. The van der Waals surface area contributed by atoms with Gasteiger partial charge in [-0.1, -0.05) is 25.0 Å². The van der Waals surface area contributed by atoms with Gasteiger partial charge >= 0.3 is 0 Å². The topological polar surface area (TPSA) is 178 Å². The van der Waals surface area contributed by atoms with Gasteiger partial charge in [0.25, 0.3) is 5.91 Å². The van der Waals surface area contributed by atoms with Crippen molar-refractivity contribution in [1.82, 2.24) is 0 Å². The number of hydrogen-bond donors (Lipinski definition) is 6. The Morgan fingerprint density at radius 2 is 1.94 bits per heavy atom. The van der Waals surface area contributed by atoms with Crippen LogP contribution >= 0.6 is 0 Å². The molecule has 0 heterocycles. The summed E-state index contributed by atoms with van der Waals surface area (Å²) in [5.74, 6) is -6.65. The van der Waals surface area contributed by atoms with Gasteiger partial charge in [-0.2, -0.15) is 0 Å². The van der Waals surface area contributed by atoms with Crippen LogP contribution in [0.5, 0.6) is 5.75 Å². The molecular formula is C24H21NO8. The summed E-state index contributed by atoms with van der Waals surface area (Å²) >= 11 is 0. The van der Waals surface area contributed by atoms with Crippen molar-refractivity contribution in [3.63, 3.8) is 0 Å². The predicted molar refractivity (Wildman–Crippen MR) is 115 cm³/mol. The molecule has 1 amide bonds. The molecule has 1 saturated carbocycles. The second-order valence-corrected chi connectivity index (χ2v) is 8.45. The Morgan fingerprint density at radius 1 is 1.27 bits per heavy atom. The molecule has 1 aromatic rings. The summed E-state index contributed by atoms with van der Waals surface area (Å²) < 4.78 is 0. The lowest BCUT2D eigenvalue weighted by Crippen LogP contribution is -2.63. The molecule has 1 fully saturated rings. The summed E-state index contributed by atoms with van der Waals surface area (Å²) in [7, 11) is 0. The van der Waals surface area contributed by atoms with Crippen molar-refractivity contribution in [2.24, 2.45) is 17.6 Å². The van der Waals surface area contributed by atoms with Gasteiger partial charge in [-0.25, -0.2) is 0 Å². The smallest absolute Gasteiger partial charge is 0.255 e. The number of benzene rings is 1. The van der Waals surface area contributed by atoms with Crippen molar-refractivity contribution in [2.75, 3.05) is 0 Å². The summed E-state index contributed by atoms with van der Waals surface area (Å²) in [6.07, 6.45) is 5.78. The second-order valence-electron chi connectivity index (χ2n) is 8.45. The number of primary amides is 1. The fourth-order valence-electron chi connectivity index (χ4n) is 5.29. The molecule has 9 heteroatoms. The van der Waals surface area contributed by atoms with Crippen molar-refractivity contribution in [1.29, 1.82) is 0 Å². The maximum atomic E-state index is 13.5. The molecule has 3 aliphatic carbocycles. The number of phenols is 1. The van der Waals surface area contributed by atoms with Crippen LogP contribution in [0, 0.1) is 24.2 Å². The zero-order valence-electron chi connectivity index (χ0n) is 17.4. The molecule has 0 saturated heterocycles. The SMILES string of the molecule is C#C/C=C/c1ccc2c(c1O)C(O)=C1C(=O)C3(O)C(O)=C(C(N)=O)C(=O)CC3C(O)C1C2C. The third-order valence-corrected chi connectivity index (χ3v) is 6.89. The van der Waals surface area contributed by atoms with Crippen LogP contribution in [0.3, 0.4) is 0 Å². The number of carbonyl (C=O) groups is 3. The Bertz CT molecular complexity index is 1260. The van der Waals surface area contributed by atoms with Crippen molar-refractivity contribution < 1.29 is 39.9 Å². The maximum Gasteiger partial charge on any atom is 0.255 e. The Kier molecular flexibility index (Phi) is 4.96. The van der Waals surface area contributed by atoms with Crippen LogP contribution in [0.4, 0.5) is 0 Å². The number of amides is 1. The van der Waals surface area contributed by atoms with E-state index < -0.39 is 76.0 Å². The van der Waals surface area contributed by atoms with E-state index in [2.05, 4.69) is 5.92 Å². The molecule has 33 heavy (non-hydrogen) atoms. The minimum absolute atomic E-state index is 0.0824. The van der Waals surface area contributed by atoms with Crippen LogP contribution < -0.4 is 5.73 Å². The fourth-order valence-corrected chi connectivity index (χ4v) is 5.29. The van der Waals surface area contributed by atoms with Gasteiger partial charge in [0, 0.05) is 29.4 Å². The molecule has 1 aromatic carbocycles. The van der Waals surface area contributed by atoms with Gasteiger partial charge in [-0.3, -0.25) is 14.4 Å². The lowest BCUT2D eigenvalue weighted by Gasteiger charge is -2.50. The van der Waals surface area contributed by atoms with Crippen LogP contribution in [0.15, 0.2) is 35.1 Å². The lowest BCUT2D eigenvalue weighted by molar-refractivity contribution is -0.160. The molecular weight excluding hydrogens is 430 g/mol. The standard InChI is InChI=1S/C24H21NO8/c1-3-4-5-10-6-7-11-9(2)14-17(20(29)15(11)18(10)27)22(31)24(33)12(19(14)28)8-13(26)16(21(24)30)23(25)32/h1,4-7,9,12,14,19,27-30,33H,8H2,2H3,(H2,25,32)/b5-4+. The minimum atomic E-state index is -2.86. The third-order valence-electron chi connectivity index (χ3n) is 6.89. The highest BCUT2D eigenvalue weighted by molar-refractivity contribution is 6.23. The monoisotopic (exact) mass is 451 g/mol. The van der Waals surface area contributed by atoms with E-state index in [-0.39, 0.29) is 16.9 Å². The van der Waals surface area contributed by atoms with Gasteiger partial charge in [0.05, 0.1) is 11.7 Å². The highest BCUT2D eigenvalue weighted by Gasteiger charge is 2.64. The zero-order chi connectivity index (χ0) is 24.4. The summed E-state index contributed by atoms with van der Waals surface area (Å²) in [6, 6.07) is 3.16. The second kappa shape index (κ2) is 7.33. The Balaban J connectivity index is 2.00. The summed E-state index contributed by atoms with van der Waals surface area (Å²) in [6.45, 7) is 1.66. The lowest BCUT2D eigenvalue weighted by atomic mass is 9.55. The maximum absolute atomic E-state index is 13.5. The molecule has 170 valence electrons. The fraction of sp³-hybridized carbons (Fsp3) is 0.292. The highest BCUT2D eigenvalue weighted by Crippen LogP contribution is 2.55. The minimum Gasteiger partial charge on any atom is -0.508 e. The summed E-state index contributed by atoms with van der Waals surface area (Å²) in [5, 5.41) is 54.8. The van der Waals surface area contributed by atoms with Crippen molar-refractivity contribution >= 4 is 29.3 Å². The number of rotatable bonds is 2. The first-order valence-electron chi connectivity index (χ1n) is 10.1. The summed E-state index contributed by atoms with van der Waals surface area (Å²) in [4.78, 5) is 37.6. The number of aromatic hydroxyl groups is 1. The number of allylic oxidation sites excluding steroid dienone is 1. The van der Waals surface area contributed by atoms with Gasteiger partial charge in [0.2, 0.25) is 5.78 Å². The molecule has 3 aliphatic rings. The number of fused-ring (bicyclic) bond motifs is 3. The van der Waals surface area contributed by atoms with E-state index >= 15 is 0 Å².